The van der Waals surface area contributed by atoms with Crippen LogP contribution < -0.4 is 0 Å². The van der Waals surface area contributed by atoms with Gasteiger partial charge < -0.3 is 5.11 Å². The minimum absolute atomic E-state index is 0.0266. The lowest BCUT2D eigenvalue weighted by Gasteiger charge is -2.21. The number of benzene rings is 1. The molecule has 0 aromatic heterocycles. The minimum Gasteiger partial charge on any atom is -0.389 e. The lowest BCUT2D eigenvalue weighted by molar-refractivity contribution is 0.0650. The van der Waals surface area contributed by atoms with Crippen LogP contribution in [0.5, 0.6) is 0 Å². The molecule has 2 unspecified atom stereocenters. The molecule has 0 amide bonds. The third-order valence-corrected chi connectivity index (χ3v) is 3.57. The van der Waals surface area contributed by atoms with Crippen molar-refractivity contribution in [3.8, 4) is 0 Å². The Balaban J connectivity index is 1.93. The summed E-state index contributed by atoms with van der Waals surface area (Å²) in [5.41, 5.74) is 0.186. The molecule has 18 heavy (non-hydrogen) atoms. The normalized spacial score (nSPS) is 26.2. The molecule has 3 heteroatoms. The lowest BCUT2D eigenvalue weighted by atomic mass is 9.99. The van der Waals surface area contributed by atoms with Crippen LogP contribution in [0.15, 0.2) is 30.3 Å². The molecular weight excluding hydrogens is 226 g/mol. The number of likely N-dealkylation sites (tertiary alicyclic amines) is 1. The highest BCUT2D eigenvalue weighted by Gasteiger charge is 2.32. The molecule has 0 radical (unpaired) electrons. The van der Waals surface area contributed by atoms with E-state index in [4.69, 9.17) is 0 Å². The molecule has 0 spiro atoms. The van der Waals surface area contributed by atoms with E-state index in [0.29, 0.717) is 6.54 Å². The fraction of sp³-hybridized carbons (Fsp3) is 0.533. The number of Topliss-reactive ketones (excluding diaryl/α,β-unsaturated/α-hetero) is 1. The molecule has 1 N–H and O–H groups in total. The second kappa shape index (κ2) is 5.21. The van der Waals surface area contributed by atoms with Crippen LogP contribution in [0, 0.1) is 5.92 Å². The quantitative estimate of drug-likeness (QED) is 0.827. The number of carbonyl (C=O) groups excluding carboxylic acids is 1. The summed E-state index contributed by atoms with van der Waals surface area (Å²) in [5, 5.41) is 9.91. The molecule has 0 aliphatic carbocycles. The van der Waals surface area contributed by atoms with Crippen molar-refractivity contribution in [3.05, 3.63) is 35.9 Å². The van der Waals surface area contributed by atoms with E-state index in [2.05, 4.69) is 4.90 Å². The average Bonchev–Trinajstić information content (AvgIpc) is 2.68. The van der Waals surface area contributed by atoms with Crippen LogP contribution in [0.4, 0.5) is 0 Å². The molecule has 2 atom stereocenters. The van der Waals surface area contributed by atoms with Crippen LogP contribution in [0.3, 0.4) is 0 Å². The maximum Gasteiger partial charge on any atom is 0.166 e. The molecule has 3 nitrogen and oxygen atoms in total. The molecule has 2 rings (SSSR count). The average molecular weight is 247 g/mol. The van der Waals surface area contributed by atoms with Gasteiger partial charge in [0.1, 0.15) is 0 Å². The standard InChI is InChI=1S/C15H21NO2/c1-12(10-16-9-8-15(2,18)11-16)14(17)13-6-4-3-5-7-13/h3-7,12,18H,8-11H2,1-2H3. The van der Waals surface area contributed by atoms with Crippen molar-refractivity contribution >= 4 is 5.78 Å². The zero-order valence-electron chi connectivity index (χ0n) is 11.1. The molecule has 1 aromatic carbocycles. The Morgan fingerprint density at radius 3 is 2.67 bits per heavy atom. The Morgan fingerprint density at radius 1 is 1.44 bits per heavy atom. The van der Waals surface area contributed by atoms with Crippen molar-refractivity contribution in [2.24, 2.45) is 5.92 Å². The van der Waals surface area contributed by atoms with Gasteiger partial charge in [-0.15, -0.1) is 0 Å². The van der Waals surface area contributed by atoms with Crippen molar-refractivity contribution in [1.29, 1.82) is 0 Å². The van der Waals surface area contributed by atoms with E-state index in [-0.39, 0.29) is 11.7 Å². The summed E-state index contributed by atoms with van der Waals surface area (Å²) in [6.45, 7) is 6.09. The Hall–Kier alpha value is -1.19. The van der Waals surface area contributed by atoms with E-state index in [0.717, 1.165) is 25.1 Å². The minimum atomic E-state index is -0.588. The summed E-state index contributed by atoms with van der Waals surface area (Å²) >= 11 is 0. The van der Waals surface area contributed by atoms with Crippen LogP contribution in [-0.4, -0.2) is 41.0 Å². The molecule has 1 aliphatic heterocycles. The number of carbonyl (C=O) groups is 1. The summed E-state index contributed by atoms with van der Waals surface area (Å²) in [7, 11) is 0. The molecular formula is C15H21NO2. The Bertz CT molecular complexity index is 414. The maximum absolute atomic E-state index is 12.2. The lowest BCUT2D eigenvalue weighted by Crippen LogP contribution is -2.34. The molecule has 0 saturated carbocycles. The third-order valence-electron chi connectivity index (χ3n) is 3.57. The van der Waals surface area contributed by atoms with E-state index in [9.17, 15) is 9.90 Å². The van der Waals surface area contributed by atoms with E-state index in [1.165, 1.54) is 0 Å². The number of hydrogen-bond donors (Lipinski definition) is 1. The number of ketones is 1. The van der Waals surface area contributed by atoms with E-state index >= 15 is 0 Å². The van der Waals surface area contributed by atoms with Crippen molar-refractivity contribution < 1.29 is 9.90 Å². The van der Waals surface area contributed by atoms with Crippen LogP contribution >= 0.6 is 0 Å². The summed E-state index contributed by atoms with van der Waals surface area (Å²) in [4.78, 5) is 14.4. The Labute approximate surface area is 108 Å². The van der Waals surface area contributed by atoms with Crippen LogP contribution in [0.1, 0.15) is 30.6 Å². The number of hydrogen-bond acceptors (Lipinski definition) is 3. The summed E-state index contributed by atoms with van der Waals surface area (Å²) < 4.78 is 0. The van der Waals surface area contributed by atoms with Gasteiger partial charge in [0.05, 0.1) is 5.60 Å². The first-order chi connectivity index (χ1) is 8.48. The van der Waals surface area contributed by atoms with Gasteiger partial charge in [-0.2, -0.15) is 0 Å². The largest absolute Gasteiger partial charge is 0.389 e. The van der Waals surface area contributed by atoms with Gasteiger partial charge in [-0.25, -0.2) is 0 Å². The van der Waals surface area contributed by atoms with Crippen LogP contribution in [0.25, 0.3) is 0 Å². The Morgan fingerprint density at radius 2 is 2.11 bits per heavy atom. The first-order valence-corrected chi connectivity index (χ1v) is 6.52. The molecule has 1 heterocycles. The van der Waals surface area contributed by atoms with Crippen molar-refractivity contribution in [3.63, 3.8) is 0 Å². The first-order valence-electron chi connectivity index (χ1n) is 6.52. The summed E-state index contributed by atoms with van der Waals surface area (Å²) in [5.74, 6) is 0.156. The predicted molar refractivity (Wildman–Crippen MR) is 71.6 cm³/mol. The molecule has 1 aromatic rings. The summed E-state index contributed by atoms with van der Waals surface area (Å²) in [6, 6.07) is 9.41. The second-order valence-electron chi connectivity index (χ2n) is 5.61. The number of aliphatic hydroxyl groups is 1. The van der Waals surface area contributed by atoms with Crippen LogP contribution in [0.2, 0.25) is 0 Å². The number of nitrogens with zero attached hydrogens (tertiary/aromatic N) is 1. The van der Waals surface area contributed by atoms with Crippen molar-refractivity contribution in [1.82, 2.24) is 4.90 Å². The highest BCUT2D eigenvalue weighted by atomic mass is 16.3. The molecule has 0 bridgehead atoms. The van der Waals surface area contributed by atoms with Gasteiger partial charge in [0.2, 0.25) is 0 Å². The van der Waals surface area contributed by atoms with Crippen LogP contribution in [-0.2, 0) is 0 Å². The summed E-state index contributed by atoms with van der Waals surface area (Å²) in [6.07, 6.45) is 0.791. The Kier molecular flexibility index (Phi) is 3.83. The van der Waals surface area contributed by atoms with Gasteiger partial charge in [-0.1, -0.05) is 37.3 Å². The second-order valence-corrected chi connectivity index (χ2v) is 5.61. The highest BCUT2D eigenvalue weighted by Crippen LogP contribution is 2.21. The fourth-order valence-corrected chi connectivity index (χ4v) is 2.55. The van der Waals surface area contributed by atoms with Gasteiger partial charge in [-0.05, 0) is 13.3 Å². The van der Waals surface area contributed by atoms with Crippen molar-refractivity contribution in [2.75, 3.05) is 19.6 Å². The number of β-amino-alcohol motifs (C(OH)–C–C–N with tert-alkyl or cyclic N) is 1. The molecule has 98 valence electrons. The first kappa shape index (κ1) is 13.2. The highest BCUT2D eigenvalue weighted by molar-refractivity contribution is 5.97. The monoisotopic (exact) mass is 247 g/mol. The predicted octanol–water partition coefficient (Wildman–Crippen LogP) is 1.96. The maximum atomic E-state index is 12.2. The van der Waals surface area contributed by atoms with Gasteiger partial charge in [0.15, 0.2) is 5.78 Å². The fourth-order valence-electron chi connectivity index (χ4n) is 2.55. The van der Waals surface area contributed by atoms with E-state index in [1.54, 1.807) is 0 Å². The topological polar surface area (TPSA) is 40.5 Å². The van der Waals surface area contributed by atoms with E-state index < -0.39 is 5.60 Å². The molecule has 1 aliphatic rings. The third kappa shape index (κ3) is 3.18. The zero-order valence-corrected chi connectivity index (χ0v) is 11.1. The van der Waals surface area contributed by atoms with E-state index in [1.807, 2.05) is 44.2 Å². The van der Waals surface area contributed by atoms with Gasteiger partial charge in [0, 0.05) is 31.1 Å². The van der Waals surface area contributed by atoms with Gasteiger partial charge in [-0.3, -0.25) is 9.69 Å². The molecule has 1 fully saturated rings. The number of rotatable bonds is 4. The van der Waals surface area contributed by atoms with Gasteiger partial charge in [0.25, 0.3) is 0 Å². The molecule has 1 saturated heterocycles. The van der Waals surface area contributed by atoms with Crippen molar-refractivity contribution in [2.45, 2.75) is 25.9 Å². The zero-order chi connectivity index (χ0) is 13.2. The van der Waals surface area contributed by atoms with Gasteiger partial charge >= 0.3 is 0 Å². The smallest absolute Gasteiger partial charge is 0.166 e. The SMILES string of the molecule is CC(CN1CCC(C)(O)C1)C(=O)c1ccccc1.